The number of ether oxygens (including phenoxy) is 1. The Labute approximate surface area is 148 Å². The third-order valence-corrected chi connectivity index (χ3v) is 5.45. The predicted molar refractivity (Wildman–Crippen MR) is 105 cm³/mol. The average Bonchev–Trinajstić information content (AvgIpc) is 2.28. The van der Waals surface area contributed by atoms with Crippen molar-refractivity contribution in [2.45, 2.75) is 120 Å². The van der Waals surface area contributed by atoms with E-state index in [1.807, 2.05) is 0 Å². The van der Waals surface area contributed by atoms with Gasteiger partial charge in [-0.25, -0.2) is 0 Å². The summed E-state index contributed by atoms with van der Waals surface area (Å²) in [5, 5.41) is 0. The zero-order chi connectivity index (χ0) is 18.7. The van der Waals surface area contributed by atoms with Crippen LogP contribution in [-0.2, 0) is 4.74 Å². The van der Waals surface area contributed by atoms with Crippen molar-refractivity contribution in [3.63, 3.8) is 0 Å². The third kappa shape index (κ3) is 6.77. The van der Waals surface area contributed by atoms with Crippen LogP contribution in [-0.4, -0.2) is 11.2 Å². The van der Waals surface area contributed by atoms with E-state index in [0.29, 0.717) is 11.8 Å². The lowest BCUT2D eigenvalue weighted by Gasteiger charge is -2.51. The molecule has 0 amide bonds. The summed E-state index contributed by atoms with van der Waals surface area (Å²) in [6.45, 7) is 28.0. The molecule has 2 atom stereocenters. The standard InChI is InChI=1S/C22H46O/c1-13-15-17(19(3,4)5)21(9,10)23-22(11,12)18(16-14-2)20(6,7)8/h17-18H,13-16H2,1-12H3. The van der Waals surface area contributed by atoms with Crippen LogP contribution < -0.4 is 0 Å². The van der Waals surface area contributed by atoms with Gasteiger partial charge in [-0.3, -0.25) is 0 Å². The molecule has 23 heavy (non-hydrogen) atoms. The van der Waals surface area contributed by atoms with E-state index in [1.165, 1.54) is 25.7 Å². The molecule has 0 rings (SSSR count). The number of hydrogen-bond acceptors (Lipinski definition) is 1. The Morgan fingerprint density at radius 3 is 1.00 bits per heavy atom. The van der Waals surface area contributed by atoms with Gasteiger partial charge in [-0.15, -0.1) is 0 Å². The first-order chi connectivity index (χ1) is 10.1. The van der Waals surface area contributed by atoms with Crippen LogP contribution in [0.15, 0.2) is 0 Å². The summed E-state index contributed by atoms with van der Waals surface area (Å²) in [6.07, 6.45) is 4.88. The van der Waals surface area contributed by atoms with Gasteiger partial charge in [0.1, 0.15) is 0 Å². The van der Waals surface area contributed by atoms with Crippen molar-refractivity contribution in [2.75, 3.05) is 0 Å². The Morgan fingerprint density at radius 1 is 0.565 bits per heavy atom. The fourth-order valence-electron chi connectivity index (χ4n) is 5.04. The van der Waals surface area contributed by atoms with Crippen LogP contribution in [0.2, 0.25) is 0 Å². The average molecular weight is 327 g/mol. The quantitative estimate of drug-likeness (QED) is 0.449. The fourth-order valence-corrected chi connectivity index (χ4v) is 5.04. The van der Waals surface area contributed by atoms with Gasteiger partial charge in [-0.05, 0) is 63.2 Å². The molecule has 0 aromatic heterocycles. The molecule has 0 aliphatic rings. The van der Waals surface area contributed by atoms with Gasteiger partial charge in [0.05, 0.1) is 11.2 Å². The summed E-state index contributed by atoms with van der Waals surface area (Å²) in [6, 6.07) is 0. The molecule has 0 aromatic carbocycles. The van der Waals surface area contributed by atoms with Crippen molar-refractivity contribution in [3.05, 3.63) is 0 Å². The molecule has 0 heterocycles. The summed E-state index contributed by atoms with van der Waals surface area (Å²) in [5.74, 6) is 1.11. The largest absolute Gasteiger partial charge is 0.369 e. The van der Waals surface area contributed by atoms with Gasteiger partial charge in [0, 0.05) is 0 Å². The highest BCUT2D eigenvalue weighted by Crippen LogP contribution is 2.46. The fraction of sp³-hybridized carbons (Fsp3) is 1.00. The molecule has 2 unspecified atom stereocenters. The molecule has 0 aliphatic carbocycles. The maximum Gasteiger partial charge on any atom is 0.0666 e. The molecular weight excluding hydrogens is 280 g/mol. The van der Waals surface area contributed by atoms with Gasteiger partial charge in [-0.1, -0.05) is 68.2 Å². The van der Waals surface area contributed by atoms with E-state index in [1.54, 1.807) is 0 Å². The zero-order valence-electron chi connectivity index (χ0n) is 18.4. The second-order valence-corrected chi connectivity index (χ2v) is 10.7. The minimum Gasteiger partial charge on any atom is -0.369 e. The van der Waals surface area contributed by atoms with Crippen LogP contribution in [0.4, 0.5) is 0 Å². The lowest BCUT2D eigenvalue weighted by atomic mass is 9.67. The highest BCUT2D eigenvalue weighted by Gasteiger charge is 2.46. The molecule has 1 nitrogen and oxygen atoms in total. The first-order valence-electron chi connectivity index (χ1n) is 9.79. The topological polar surface area (TPSA) is 9.23 Å². The van der Waals surface area contributed by atoms with Gasteiger partial charge >= 0.3 is 0 Å². The van der Waals surface area contributed by atoms with Crippen LogP contribution in [0.3, 0.4) is 0 Å². The molecule has 0 spiro atoms. The Hall–Kier alpha value is -0.0400. The summed E-state index contributed by atoms with van der Waals surface area (Å²) in [4.78, 5) is 0. The molecular formula is C22H46O. The van der Waals surface area contributed by atoms with E-state index >= 15 is 0 Å². The van der Waals surface area contributed by atoms with Crippen molar-refractivity contribution in [1.29, 1.82) is 0 Å². The van der Waals surface area contributed by atoms with E-state index in [4.69, 9.17) is 4.74 Å². The first kappa shape index (κ1) is 23.0. The molecule has 0 fully saturated rings. The molecule has 140 valence electrons. The van der Waals surface area contributed by atoms with E-state index in [0.717, 1.165) is 0 Å². The van der Waals surface area contributed by atoms with Gasteiger partial charge in [-0.2, -0.15) is 0 Å². The molecule has 0 N–H and O–H groups in total. The normalized spacial score (nSPS) is 17.2. The molecule has 0 aromatic rings. The van der Waals surface area contributed by atoms with Crippen molar-refractivity contribution < 1.29 is 4.74 Å². The van der Waals surface area contributed by atoms with Gasteiger partial charge in [0.2, 0.25) is 0 Å². The lowest BCUT2D eigenvalue weighted by Crippen LogP contribution is -2.51. The van der Waals surface area contributed by atoms with E-state index in [2.05, 4.69) is 83.1 Å². The Morgan fingerprint density at radius 2 is 0.826 bits per heavy atom. The number of rotatable bonds is 8. The van der Waals surface area contributed by atoms with Crippen molar-refractivity contribution >= 4 is 0 Å². The molecule has 0 aliphatic heterocycles. The van der Waals surface area contributed by atoms with E-state index in [-0.39, 0.29) is 22.0 Å². The van der Waals surface area contributed by atoms with Crippen LogP contribution in [0.1, 0.15) is 109 Å². The SMILES string of the molecule is CCCC(C(C)(C)C)C(C)(C)OC(C)(C)C(CCC)C(C)(C)C. The smallest absolute Gasteiger partial charge is 0.0666 e. The second kappa shape index (κ2) is 7.89. The van der Waals surface area contributed by atoms with Crippen LogP contribution >= 0.6 is 0 Å². The van der Waals surface area contributed by atoms with Gasteiger partial charge < -0.3 is 4.74 Å². The van der Waals surface area contributed by atoms with Crippen LogP contribution in [0.25, 0.3) is 0 Å². The summed E-state index contributed by atoms with van der Waals surface area (Å²) in [7, 11) is 0. The number of hydrogen-bond donors (Lipinski definition) is 0. The molecule has 0 bridgehead atoms. The minimum absolute atomic E-state index is 0.116. The zero-order valence-corrected chi connectivity index (χ0v) is 18.4. The molecule has 0 saturated carbocycles. The monoisotopic (exact) mass is 326 g/mol. The van der Waals surface area contributed by atoms with E-state index < -0.39 is 0 Å². The molecule has 1 heteroatoms. The van der Waals surface area contributed by atoms with Crippen molar-refractivity contribution in [2.24, 2.45) is 22.7 Å². The van der Waals surface area contributed by atoms with E-state index in [9.17, 15) is 0 Å². The first-order valence-corrected chi connectivity index (χ1v) is 9.79. The Balaban J connectivity index is 5.52. The van der Waals surface area contributed by atoms with Crippen LogP contribution in [0.5, 0.6) is 0 Å². The van der Waals surface area contributed by atoms with Gasteiger partial charge in [0.25, 0.3) is 0 Å². The second-order valence-electron chi connectivity index (χ2n) is 10.7. The van der Waals surface area contributed by atoms with Gasteiger partial charge in [0.15, 0.2) is 0 Å². The Kier molecular flexibility index (Phi) is 7.88. The maximum atomic E-state index is 6.91. The third-order valence-electron chi connectivity index (χ3n) is 5.45. The summed E-state index contributed by atoms with van der Waals surface area (Å²) >= 11 is 0. The molecule has 0 radical (unpaired) electrons. The minimum atomic E-state index is -0.116. The highest BCUT2D eigenvalue weighted by atomic mass is 16.5. The lowest BCUT2D eigenvalue weighted by molar-refractivity contribution is -0.203. The summed E-state index contributed by atoms with van der Waals surface area (Å²) < 4.78 is 6.91. The van der Waals surface area contributed by atoms with Crippen molar-refractivity contribution in [1.82, 2.24) is 0 Å². The molecule has 0 saturated heterocycles. The highest BCUT2D eigenvalue weighted by molar-refractivity contribution is 4.94. The van der Waals surface area contributed by atoms with Crippen LogP contribution in [0, 0.1) is 22.7 Å². The maximum absolute atomic E-state index is 6.91. The summed E-state index contributed by atoms with van der Waals surface area (Å²) in [5.41, 5.74) is 0.291. The predicted octanol–water partition coefficient (Wildman–Crippen LogP) is 7.49. The Bertz CT molecular complexity index is 304. The van der Waals surface area contributed by atoms with Crippen molar-refractivity contribution in [3.8, 4) is 0 Å².